The zero-order valence-corrected chi connectivity index (χ0v) is 13.6. The fourth-order valence-corrected chi connectivity index (χ4v) is 2.82. The number of amides is 1. The fourth-order valence-electron chi connectivity index (χ4n) is 1.75. The Bertz CT molecular complexity index is 648. The average molecular weight is 344 g/mol. The molecule has 1 aromatic rings. The maximum Gasteiger partial charge on any atom is 0.270 e. The van der Waals surface area contributed by atoms with Gasteiger partial charge in [0.2, 0.25) is 15.9 Å². The van der Waals surface area contributed by atoms with Gasteiger partial charge in [0.15, 0.2) is 0 Å². The number of hydrogen-bond acceptors (Lipinski definition) is 6. The van der Waals surface area contributed by atoms with Gasteiger partial charge in [-0.05, 0) is 26.1 Å². The number of nitrogens with zero attached hydrogens (tertiary/aromatic N) is 1. The van der Waals surface area contributed by atoms with Crippen LogP contribution in [0.3, 0.4) is 0 Å². The first-order valence-corrected chi connectivity index (χ1v) is 8.50. The predicted molar refractivity (Wildman–Crippen MR) is 84.5 cm³/mol. The molecule has 3 N–H and O–H groups in total. The molecule has 23 heavy (non-hydrogen) atoms. The van der Waals surface area contributed by atoms with E-state index in [1.54, 1.807) is 7.05 Å². The van der Waals surface area contributed by atoms with Crippen molar-refractivity contribution in [3.05, 3.63) is 34.4 Å². The molecule has 0 saturated carbocycles. The van der Waals surface area contributed by atoms with Crippen molar-refractivity contribution in [2.75, 3.05) is 26.7 Å². The summed E-state index contributed by atoms with van der Waals surface area (Å²) in [6, 6.07) is 4.77. The normalized spacial score (nSPS) is 11.2. The van der Waals surface area contributed by atoms with Crippen molar-refractivity contribution < 1.29 is 18.1 Å². The number of nitro benzene ring substituents is 1. The highest BCUT2D eigenvalue weighted by molar-refractivity contribution is 7.89. The Morgan fingerprint density at radius 3 is 2.65 bits per heavy atom. The second kappa shape index (κ2) is 9.18. The number of rotatable bonds is 10. The first kappa shape index (κ1) is 19.0. The number of hydrogen-bond donors (Lipinski definition) is 3. The van der Waals surface area contributed by atoms with E-state index in [0.29, 0.717) is 12.8 Å². The quantitative estimate of drug-likeness (QED) is 0.311. The standard InChI is InChI=1S/C13H20N4O5S/c1-14-7-3-6-13(18)15-8-9-16-23(21,22)12-5-2-4-11(10-12)17(19)20/h2,4-5,10,14,16H,3,6-9H2,1H3,(H,15,18). The van der Waals surface area contributed by atoms with Gasteiger partial charge in [0.05, 0.1) is 9.82 Å². The summed E-state index contributed by atoms with van der Waals surface area (Å²) in [6.45, 7) is 0.877. The molecular formula is C13H20N4O5S. The van der Waals surface area contributed by atoms with Crippen LogP contribution < -0.4 is 15.4 Å². The summed E-state index contributed by atoms with van der Waals surface area (Å²) < 4.78 is 26.3. The minimum absolute atomic E-state index is 0.00277. The molecule has 1 rings (SSSR count). The Morgan fingerprint density at radius 2 is 2.00 bits per heavy atom. The molecule has 0 aliphatic rings. The SMILES string of the molecule is CNCCCC(=O)NCCNS(=O)(=O)c1cccc([N+](=O)[O-])c1. The highest BCUT2D eigenvalue weighted by Gasteiger charge is 2.17. The van der Waals surface area contributed by atoms with Crippen LogP contribution in [0.2, 0.25) is 0 Å². The topological polar surface area (TPSA) is 130 Å². The zero-order chi connectivity index (χ0) is 17.3. The van der Waals surface area contributed by atoms with Crippen LogP contribution in [0.15, 0.2) is 29.2 Å². The summed E-state index contributed by atoms with van der Waals surface area (Å²) in [5.74, 6) is -0.158. The van der Waals surface area contributed by atoms with E-state index >= 15 is 0 Å². The van der Waals surface area contributed by atoms with Gasteiger partial charge in [-0.3, -0.25) is 14.9 Å². The van der Waals surface area contributed by atoms with Crippen LogP contribution in [-0.2, 0) is 14.8 Å². The molecule has 1 aromatic carbocycles. The number of sulfonamides is 1. The Morgan fingerprint density at radius 1 is 1.26 bits per heavy atom. The fraction of sp³-hybridized carbons (Fsp3) is 0.462. The van der Waals surface area contributed by atoms with Crippen LogP contribution in [0.5, 0.6) is 0 Å². The average Bonchev–Trinajstić information content (AvgIpc) is 2.52. The maximum atomic E-state index is 12.0. The molecule has 0 bridgehead atoms. The number of nitrogens with one attached hydrogen (secondary N) is 3. The Labute approximate surface area is 134 Å². The number of carbonyl (C=O) groups excluding carboxylic acids is 1. The molecule has 0 aromatic heterocycles. The summed E-state index contributed by atoms with van der Waals surface area (Å²) in [5.41, 5.74) is -0.300. The smallest absolute Gasteiger partial charge is 0.270 e. The van der Waals surface area contributed by atoms with Gasteiger partial charge in [-0.1, -0.05) is 6.07 Å². The molecule has 0 saturated heterocycles. The van der Waals surface area contributed by atoms with Gasteiger partial charge in [-0.25, -0.2) is 13.1 Å². The molecule has 0 fully saturated rings. The van der Waals surface area contributed by atoms with Gasteiger partial charge in [-0.15, -0.1) is 0 Å². The van der Waals surface area contributed by atoms with Crippen LogP contribution in [0.4, 0.5) is 5.69 Å². The van der Waals surface area contributed by atoms with Gasteiger partial charge < -0.3 is 10.6 Å². The zero-order valence-electron chi connectivity index (χ0n) is 12.7. The van der Waals surface area contributed by atoms with E-state index in [0.717, 1.165) is 12.6 Å². The van der Waals surface area contributed by atoms with E-state index in [9.17, 15) is 23.3 Å². The van der Waals surface area contributed by atoms with E-state index in [2.05, 4.69) is 15.4 Å². The summed E-state index contributed by atoms with van der Waals surface area (Å²) in [4.78, 5) is 21.3. The molecule has 10 heteroatoms. The van der Waals surface area contributed by atoms with Crippen molar-refractivity contribution in [2.24, 2.45) is 0 Å². The van der Waals surface area contributed by atoms with Crippen molar-refractivity contribution in [2.45, 2.75) is 17.7 Å². The number of benzene rings is 1. The van der Waals surface area contributed by atoms with Gasteiger partial charge >= 0.3 is 0 Å². The molecule has 0 atom stereocenters. The summed E-state index contributed by atoms with van der Waals surface area (Å²) in [5, 5.41) is 16.2. The molecule has 0 spiro atoms. The molecule has 0 unspecified atom stereocenters. The lowest BCUT2D eigenvalue weighted by Gasteiger charge is -2.08. The number of carbonyl (C=O) groups is 1. The summed E-state index contributed by atoms with van der Waals surface area (Å²) in [7, 11) is -2.06. The monoisotopic (exact) mass is 344 g/mol. The van der Waals surface area contributed by atoms with Crippen LogP contribution in [-0.4, -0.2) is 45.9 Å². The van der Waals surface area contributed by atoms with Crippen molar-refractivity contribution in [1.82, 2.24) is 15.4 Å². The Balaban J connectivity index is 2.46. The maximum absolute atomic E-state index is 12.0. The van der Waals surface area contributed by atoms with E-state index in [-0.39, 0.29) is 29.6 Å². The molecular weight excluding hydrogens is 324 g/mol. The lowest BCUT2D eigenvalue weighted by molar-refractivity contribution is -0.385. The van der Waals surface area contributed by atoms with Gasteiger partial charge in [-0.2, -0.15) is 0 Å². The lowest BCUT2D eigenvalue weighted by Crippen LogP contribution is -2.34. The van der Waals surface area contributed by atoms with Crippen LogP contribution in [0.25, 0.3) is 0 Å². The molecule has 0 aliphatic carbocycles. The third-order valence-corrected chi connectivity index (χ3v) is 4.37. The Kier molecular flexibility index (Phi) is 7.59. The third-order valence-electron chi connectivity index (χ3n) is 2.91. The lowest BCUT2D eigenvalue weighted by atomic mass is 10.3. The molecule has 9 nitrogen and oxygen atoms in total. The van der Waals surface area contributed by atoms with E-state index in [1.807, 2.05) is 0 Å². The first-order valence-electron chi connectivity index (χ1n) is 7.02. The molecule has 0 heterocycles. The van der Waals surface area contributed by atoms with Crippen LogP contribution in [0, 0.1) is 10.1 Å². The van der Waals surface area contributed by atoms with Gasteiger partial charge in [0, 0.05) is 31.6 Å². The van der Waals surface area contributed by atoms with E-state index in [1.165, 1.54) is 18.2 Å². The van der Waals surface area contributed by atoms with E-state index < -0.39 is 14.9 Å². The minimum Gasteiger partial charge on any atom is -0.355 e. The van der Waals surface area contributed by atoms with E-state index in [4.69, 9.17) is 0 Å². The van der Waals surface area contributed by atoms with Crippen LogP contribution in [0.1, 0.15) is 12.8 Å². The highest BCUT2D eigenvalue weighted by atomic mass is 32.2. The van der Waals surface area contributed by atoms with Gasteiger partial charge in [0.25, 0.3) is 5.69 Å². The number of non-ortho nitro benzene ring substituents is 1. The van der Waals surface area contributed by atoms with Crippen molar-refractivity contribution in [3.8, 4) is 0 Å². The summed E-state index contributed by atoms with van der Waals surface area (Å²) >= 11 is 0. The molecule has 0 radical (unpaired) electrons. The second-order valence-electron chi connectivity index (χ2n) is 4.71. The largest absolute Gasteiger partial charge is 0.355 e. The van der Waals surface area contributed by atoms with Crippen LogP contribution >= 0.6 is 0 Å². The molecule has 1 amide bonds. The Hall–Kier alpha value is -2.04. The van der Waals surface area contributed by atoms with Crippen molar-refractivity contribution in [1.29, 1.82) is 0 Å². The third kappa shape index (κ3) is 6.72. The van der Waals surface area contributed by atoms with Crippen molar-refractivity contribution >= 4 is 21.6 Å². The molecule has 0 aliphatic heterocycles. The highest BCUT2D eigenvalue weighted by Crippen LogP contribution is 2.16. The first-order chi connectivity index (χ1) is 10.9. The molecule has 128 valence electrons. The second-order valence-corrected chi connectivity index (χ2v) is 6.48. The predicted octanol–water partition coefficient (Wildman–Crippen LogP) is -0.0111. The minimum atomic E-state index is -3.85. The van der Waals surface area contributed by atoms with Gasteiger partial charge in [0.1, 0.15) is 0 Å². The summed E-state index contributed by atoms with van der Waals surface area (Å²) in [6.07, 6.45) is 1.06. The van der Waals surface area contributed by atoms with Crippen molar-refractivity contribution in [3.63, 3.8) is 0 Å². The number of nitro groups is 1.